The second kappa shape index (κ2) is 3.55. The summed E-state index contributed by atoms with van der Waals surface area (Å²) < 4.78 is 14.6. The summed E-state index contributed by atoms with van der Waals surface area (Å²) in [6.07, 6.45) is 0. The van der Waals surface area contributed by atoms with E-state index in [1.165, 1.54) is 12.1 Å². The Labute approximate surface area is 96.5 Å². The summed E-state index contributed by atoms with van der Waals surface area (Å²) in [4.78, 5) is 0. The van der Waals surface area contributed by atoms with Crippen LogP contribution in [0.25, 0.3) is 16.7 Å². The fraction of sp³-hybridized carbons (Fsp3) is 0. The molecule has 0 aliphatic carbocycles. The van der Waals surface area contributed by atoms with Crippen molar-refractivity contribution in [1.82, 2.24) is 15.0 Å². The van der Waals surface area contributed by atoms with Gasteiger partial charge in [0.15, 0.2) is 0 Å². The fourth-order valence-corrected chi connectivity index (χ4v) is 1.77. The number of aromatic nitrogens is 3. The summed E-state index contributed by atoms with van der Waals surface area (Å²) >= 11 is 0. The van der Waals surface area contributed by atoms with Crippen molar-refractivity contribution in [2.24, 2.45) is 0 Å². The lowest BCUT2D eigenvalue weighted by molar-refractivity contribution is 0.627. The molecule has 0 aliphatic heterocycles. The maximum absolute atomic E-state index is 13.0. The first-order valence-electron chi connectivity index (χ1n) is 5.11. The van der Waals surface area contributed by atoms with E-state index < -0.39 is 0 Å². The Morgan fingerprint density at radius 2 is 1.94 bits per heavy atom. The molecule has 17 heavy (non-hydrogen) atoms. The third-order valence-corrected chi connectivity index (χ3v) is 2.57. The van der Waals surface area contributed by atoms with Crippen LogP contribution in [0.3, 0.4) is 0 Å². The van der Waals surface area contributed by atoms with Crippen molar-refractivity contribution in [2.45, 2.75) is 0 Å². The molecule has 3 aromatic rings. The third-order valence-electron chi connectivity index (χ3n) is 2.57. The quantitative estimate of drug-likeness (QED) is 0.649. The molecule has 84 valence electrons. The molecule has 1 heterocycles. The summed E-state index contributed by atoms with van der Waals surface area (Å²) in [5, 5.41) is 8.04. The molecule has 0 saturated heterocycles. The number of halogens is 1. The van der Waals surface area contributed by atoms with Crippen LogP contribution in [0.15, 0.2) is 42.5 Å². The molecule has 2 aromatic carbocycles. The zero-order chi connectivity index (χ0) is 11.8. The second-order valence-corrected chi connectivity index (χ2v) is 3.69. The Balaban J connectivity index is 2.27. The van der Waals surface area contributed by atoms with Gasteiger partial charge in [0.2, 0.25) is 0 Å². The van der Waals surface area contributed by atoms with Crippen molar-refractivity contribution < 1.29 is 4.39 Å². The standard InChI is InChI=1S/C12H9FN4/c13-8-5-6-11(9(14)7-8)17-12-4-2-1-3-10(12)15-16-17/h1-7H,14H2. The van der Waals surface area contributed by atoms with Crippen molar-refractivity contribution in [3.05, 3.63) is 48.3 Å². The van der Waals surface area contributed by atoms with Crippen molar-refractivity contribution in [1.29, 1.82) is 0 Å². The number of anilines is 1. The average molecular weight is 228 g/mol. The van der Waals surface area contributed by atoms with Crippen molar-refractivity contribution in [3.8, 4) is 5.69 Å². The molecule has 0 unspecified atom stereocenters. The number of hydrogen-bond donors (Lipinski definition) is 1. The SMILES string of the molecule is Nc1cc(F)ccc1-n1nnc2ccccc21. The Morgan fingerprint density at radius 1 is 1.12 bits per heavy atom. The highest BCUT2D eigenvalue weighted by atomic mass is 19.1. The normalized spacial score (nSPS) is 10.9. The smallest absolute Gasteiger partial charge is 0.125 e. The number of hydrogen-bond acceptors (Lipinski definition) is 3. The minimum Gasteiger partial charge on any atom is -0.397 e. The van der Waals surface area contributed by atoms with Crippen LogP contribution in [0.5, 0.6) is 0 Å². The molecule has 1 aromatic heterocycles. The number of benzene rings is 2. The molecule has 0 fully saturated rings. The van der Waals surface area contributed by atoms with Crippen LogP contribution in [0.4, 0.5) is 10.1 Å². The van der Waals surface area contributed by atoms with Gasteiger partial charge >= 0.3 is 0 Å². The molecular weight excluding hydrogens is 219 g/mol. The predicted octanol–water partition coefficient (Wildman–Crippen LogP) is 2.14. The maximum Gasteiger partial charge on any atom is 0.125 e. The van der Waals surface area contributed by atoms with Gasteiger partial charge in [-0.2, -0.15) is 0 Å². The van der Waals surface area contributed by atoms with Crippen molar-refractivity contribution >= 4 is 16.7 Å². The average Bonchev–Trinajstić information content (AvgIpc) is 2.73. The summed E-state index contributed by atoms with van der Waals surface area (Å²) in [6, 6.07) is 11.7. The topological polar surface area (TPSA) is 56.7 Å². The van der Waals surface area contributed by atoms with E-state index >= 15 is 0 Å². The van der Waals surface area contributed by atoms with Crippen LogP contribution in [0.2, 0.25) is 0 Å². The van der Waals surface area contributed by atoms with E-state index in [-0.39, 0.29) is 5.82 Å². The lowest BCUT2D eigenvalue weighted by Crippen LogP contribution is -2.01. The van der Waals surface area contributed by atoms with Gasteiger partial charge in [0.05, 0.1) is 16.9 Å². The number of rotatable bonds is 1. The van der Waals surface area contributed by atoms with Crippen LogP contribution in [0.1, 0.15) is 0 Å². The molecule has 0 radical (unpaired) electrons. The van der Waals surface area contributed by atoms with Crippen LogP contribution >= 0.6 is 0 Å². The Hall–Kier alpha value is -2.43. The predicted molar refractivity (Wildman–Crippen MR) is 63.2 cm³/mol. The molecule has 0 atom stereocenters. The number of nitrogen functional groups attached to an aromatic ring is 1. The molecule has 2 N–H and O–H groups in total. The zero-order valence-electron chi connectivity index (χ0n) is 8.84. The Bertz CT molecular complexity index is 690. The van der Waals surface area contributed by atoms with Gasteiger partial charge in [-0.3, -0.25) is 0 Å². The number of nitrogens with two attached hydrogens (primary N) is 1. The van der Waals surface area contributed by atoms with Gasteiger partial charge in [0, 0.05) is 0 Å². The van der Waals surface area contributed by atoms with Crippen molar-refractivity contribution in [3.63, 3.8) is 0 Å². The third kappa shape index (κ3) is 1.52. The van der Waals surface area contributed by atoms with Crippen LogP contribution < -0.4 is 5.73 Å². The second-order valence-electron chi connectivity index (χ2n) is 3.69. The van der Waals surface area contributed by atoms with Gasteiger partial charge in [0.1, 0.15) is 11.3 Å². The number of para-hydroxylation sites is 1. The molecule has 3 rings (SSSR count). The van der Waals surface area contributed by atoms with E-state index in [2.05, 4.69) is 10.3 Å². The maximum atomic E-state index is 13.0. The highest BCUT2D eigenvalue weighted by molar-refractivity contribution is 5.77. The summed E-state index contributed by atoms with van der Waals surface area (Å²) in [6.45, 7) is 0. The molecule has 5 heteroatoms. The highest BCUT2D eigenvalue weighted by Crippen LogP contribution is 2.21. The Kier molecular flexibility index (Phi) is 2.04. The van der Waals surface area contributed by atoms with Crippen LogP contribution in [-0.2, 0) is 0 Å². The van der Waals surface area contributed by atoms with Gasteiger partial charge < -0.3 is 5.73 Å². The molecule has 0 aliphatic rings. The first-order valence-corrected chi connectivity index (χ1v) is 5.11. The first kappa shape index (κ1) is 9.77. The van der Waals surface area contributed by atoms with Gasteiger partial charge in [-0.05, 0) is 30.3 Å². The van der Waals surface area contributed by atoms with Crippen LogP contribution in [0, 0.1) is 5.82 Å². The Morgan fingerprint density at radius 3 is 2.76 bits per heavy atom. The number of fused-ring (bicyclic) bond motifs is 1. The molecule has 0 bridgehead atoms. The minimum atomic E-state index is -0.365. The molecular formula is C12H9FN4. The van der Waals surface area contributed by atoms with Crippen molar-refractivity contribution in [2.75, 3.05) is 5.73 Å². The summed E-state index contributed by atoms with van der Waals surface area (Å²) in [5.41, 5.74) is 8.35. The lowest BCUT2D eigenvalue weighted by Gasteiger charge is -2.05. The van der Waals surface area contributed by atoms with E-state index in [0.29, 0.717) is 11.4 Å². The van der Waals surface area contributed by atoms with Gasteiger partial charge in [-0.25, -0.2) is 9.07 Å². The summed E-state index contributed by atoms with van der Waals surface area (Å²) in [5.74, 6) is -0.365. The zero-order valence-corrected chi connectivity index (χ0v) is 8.84. The van der Waals surface area contributed by atoms with E-state index in [4.69, 9.17) is 5.73 Å². The van der Waals surface area contributed by atoms with E-state index in [1.807, 2.05) is 24.3 Å². The van der Waals surface area contributed by atoms with E-state index in [1.54, 1.807) is 10.7 Å². The molecule has 0 saturated carbocycles. The first-order chi connectivity index (χ1) is 8.25. The highest BCUT2D eigenvalue weighted by Gasteiger charge is 2.08. The molecule has 0 amide bonds. The van der Waals surface area contributed by atoms with Gasteiger partial charge in [0.25, 0.3) is 0 Å². The van der Waals surface area contributed by atoms with E-state index in [9.17, 15) is 4.39 Å². The monoisotopic (exact) mass is 228 g/mol. The minimum absolute atomic E-state index is 0.334. The number of nitrogens with zero attached hydrogens (tertiary/aromatic N) is 3. The van der Waals surface area contributed by atoms with Crippen LogP contribution in [-0.4, -0.2) is 15.0 Å². The molecule has 4 nitrogen and oxygen atoms in total. The summed E-state index contributed by atoms with van der Waals surface area (Å²) in [7, 11) is 0. The van der Waals surface area contributed by atoms with Gasteiger partial charge in [-0.1, -0.05) is 17.3 Å². The van der Waals surface area contributed by atoms with E-state index in [0.717, 1.165) is 11.0 Å². The van der Waals surface area contributed by atoms with Gasteiger partial charge in [-0.15, -0.1) is 5.10 Å². The lowest BCUT2D eigenvalue weighted by atomic mass is 10.2. The largest absolute Gasteiger partial charge is 0.397 e. The fourth-order valence-electron chi connectivity index (χ4n) is 1.77. The molecule has 0 spiro atoms.